The summed E-state index contributed by atoms with van der Waals surface area (Å²) in [4.78, 5) is 31.5. The molecule has 1 amide bonds. The molecule has 146 valence electrons. The van der Waals surface area contributed by atoms with Gasteiger partial charge in [0.15, 0.2) is 22.7 Å². The number of rotatable bonds is 2. The second-order valence-electron chi connectivity index (χ2n) is 7.20. The van der Waals surface area contributed by atoms with Crippen molar-refractivity contribution in [1.82, 2.24) is 9.88 Å². The fourth-order valence-electron chi connectivity index (χ4n) is 3.78. The number of aromatic nitrogens is 1. The minimum Gasteiger partial charge on any atom is -0.451 e. The molecule has 0 atom stereocenters. The number of carbonyl (C=O) groups excluding carboxylic acids is 1. The number of hydrogen-bond acceptors (Lipinski definition) is 5. The quantitative estimate of drug-likeness (QED) is 0.484. The molecule has 0 aliphatic carbocycles. The van der Waals surface area contributed by atoms with Crippen molar-refractivity contribution in [2.24, 2.45) is 0 Å². The van der Waals surface area contributed by atoms with Crippen molar-refractivity contribution in [3.8, 4) is 0 Å². The SMILES string of the molecule is O=C(c1cc(=O)c2cc(Cl)ccc2o1)N1CCC(c2nc3ccccc3o2)CC1. The maximum Gasteiger partial charge on any atom is 0.289 e. The first-order chi connectivity index (χ1) is 14.1. The Morgan fingerprint density at radius 2 is 1.83 bits per heavy atom. The predicted octanol–water partition coefficient (Wildman–Crippen LogP) is 4.61. The van der Waals surface area contributed by atoms with E-state index in [1.165, 1.54) is 6.07 Å². The minimum absolute atomic E-state index is 0.0464. The van der Waals surface area contributed by atoms with Crippen LogP contribution in [0.3, 0.4) is 0 Å². The molecule has 0 radical (unpaired) electrons. The molecule has 5 rings (SSSR count). The number of likely N-dealkylation sites (tertiary alicyclic amines) is 1. The molecule has 1 saturated heterocycles. The molecule has 1 aliphatic rings. The van der Waals surface area contributed by atoms with Gasteiger partial charge in [-0.3, -0.25) is 9.59 Å². The molecule has 0 saturated carbocycles. The molecule has 1 aliphatic heterocycles. The Kier molecular flexibility index (Phi) is 4.36. The van der Waals surface area contributed by atoms with Gasteiger partial charge in [-0.25, -0.2) is 4.98 Å². The fourth-order valence-corrected chi connectivity index (χ4v) is 3.96. The molecular formula is C22H17ClN2O4. The lowest BCUT2D eigenvalue weighted by molar-refractivity contribution is 0.0675. The summed E-state index contributed by atoms with van der Waals surface area (Å²) in [5.41, 5.74) is 1.70. The van der Waals surface area contributed by atoms with Gasteiger partial charge in [0.2, 0.25) is 0 Å². The Hall–Kier alpha value is -3.12. The van der Waals surface area contributed by atoms with Gasteiger partial charge in [0.25, 0.3) is 5.91 Å². The number of amides is 1. The van der Waals surface area contributed by atoms with Gasteiger partial charge in [0.1, 0.15) is 11.1 Å². The lowest BCUT2D eigenvalue weighted by Gasteiger charge is -2.30. The van der Waals surface area contributed by atoms with Gasteiger partial charge in [-0.2, -0.15) is 0 Å². The van der Waals surface area contributed by atoms with Gasteiger partial charge in [-0.05, 0) is 43.2 Å². The highest BCUT2D eigenvalue weighted by molar-refractivity contribution is 6.31. The Bertz CT molecular complexity index is 1250. The third kappa shape index (κ3) is 3.29. The Labute approximate surface area is 170 Å². The zero-order valence-corrected chi connectivity index (χ0v) is 16.2. The molecular weight excluding hydrogens is 392 g/mol. The van der Waals surface area contributed by atoms with Crippen LogP contribution in [-0.4, -0.2) is 28.9 Å². The van der Waals surface area contributed by atoms with Crippen molar-refractivity contribution in [2.75, 3.05) is 13.1 Å². The van der Waals surface area contributed by atoms with E-state index in [-0.39, 0.29) is 23.0 Å². The molecule has 2 aromatic carbocycles. The number of piperidine rings is 1. The fraction of sp³-hybridized carbons (Fsp3) is 0.227. The summed E-state index contributed by atoms with van der Waals surface area (Å²) in [5, 5.41) is 0.814. The van der Waals surface area contributed by atoms with Crippen LogP contribution in [0, 0.1) is 0 Å². The van der Waals surface area contributed by atoms with E-state index >= 15 is 0 Å². The molecule has 29 heavy (non-hydrogen) atoms. The number of oxazole rings is 1. The summed E-state index contributed by atoms with van der Waals surface area (Å²) in [6, 6.07) is 13.7. The second kappa shape index (κ2) is 7.04. The summed E-state index contributed by atoms with van der Waals surface area (Å²) in [6.07, 6.45) is 1.48. The third-order valence-corrected chi connectivity index (χ3v) is 5.58. The standard InChI is InChI=1S/C22H17ClN2O4/c23-14-5-6-18-15(11-14)17(26)12-20(28-18)22(27)25-9-7-13(8-10-25)21-24-16-3-1-2-4-19(16)29-21/h1-6,11-13H,7-10H2. The van der Waals surface area contributed by atoms with Crippen LogP contribution in [0.4, 0.5) is 0 Å². The van der Waals surface area contributed by atoms with Crippen LogP contribution < -0.4 is 5.43 Å². The number of hydrogen-bond donors (Lipinski definition) is 0. The van der Waals surface area contributed by atoms with E-state index in [2.05, 4.69) is 4.98 Å². The Morgan fingerprint density at radius 1 is 1.03 bits per heavy atom. The maximum absolute atomic E-state index is 12.9. The van der Waals surface area contributed by atoms with Crippen molar-refractivity contribution in [2.45, 2.75) is 18.8 Å². The van der Waals surface area contributed by atoms with Gasteiger partial charge in [-0.15, -0.1) is 0 Å². The second-order valence-corrected chi connectivity index (χ2v) is 7.64. The normalized spacial score (nSPS) is 15.3. The topological polar surface area (TPSA) is 76.6 Å². The average molecular weight is 409 g/mol. The van der Waals surface area contributed by atoms with Gasteiger partial charge in [-0.1, -0.05) is 23.7 Å². The molecule has 3 heterocycles. The number of carbonyl (C=O) groups is 1. The maximum atomic E-state index is 12.9. The summed E-state index contributed by atoms with van der Waals surface area (Å²) < 4.78 is 11.6. The van der Waals surface area contributed by atoms with E-state index in [0.717, 1.165) is 23.9 Å². The van der Waals surface area contributed by atoms with E-state index in [4.69, 9.17) is 20.4 Å². The van der Waals surface area contributed by atoms with Crippen molar-refractivity contribution in [3.63, 3.8) is 0 Å². The van der Waals surface area contributed by atoms with Crippen molar-refractivity contribution >= 4 is 39.6 Å². The Morgan fingerprint density at radius 3 is 2.62 bits per heavy atom. The van der Waals surface area contributed by atoms with Gasteiger partial charge < -0.3 is 13.7 Å². The third-order valence-electron chi connectivity index (χ3n) is 5.34. The molecule has 2 aromatic heterocycles. The van der Waals surface area contributed by atoms with Gasteiger partial charge in [0.05, 0.1) is 5.39 Å². The van der Waals surface area contributed by atoms with E-state index in [9.17, 15) is 9.59 Å². The molecule has 0 unspecified atom stereocenters. The van der Waals surface area contributed by atoms with Crippen LogP contribution in [-0.2, 0) is 0 Å². The van der Waals surface area contributed by atoms with E-state index in [1.807, 2.05) is 24.3 Å². The monoisotopic (exact) mass is 408 g/mol. The lowest BCUT2D eigenvalue weighted by Crippen LogP contribution is -2.38. The number of nitrogens with zero attached hydrogens (tertiary/aromatic N) is 2. The molecule has 7 heteroatoms. The lowest BCUT2D eigenvalue weighted by atomic mass is 9.96. The average Bonchev–Trinajstić information content (AvgIpc) is 3.18. The van der Waals surface area contributed by atoms with Crippen molar-refractivity contribution in [3.05, 3.63) is 75.4 Å². The van der Waals surface area contributed by atoms with E-state index in [0.29, 0.717) is 35.0 Å². The van der Waals surface area contributed by atoms with E-state index in [1.54, 1.807) is 23.1 Å². The zero-order valence-electron chi connectivity index (χ0n) is 15.4. The largest absolute Gasteiger partial charge is 0.451 e. The van der Waals surface area contributed by atoms with Crippen LogP contribution in [0.25, 0.3) is 22.1 Å². The first kappa shape index (κ1) is 17.9. The molecule has 4 aromatic rings. The molecule has 1 fully saturated rings. The molecule has 0 bridgehead atoms. The summed E-state index contributed by atoms with van der Waals surface area (Å²) in [7, 11) is 0. The van der Waals surface area contributed by atoms with Crippen LogP contribution in [0.1, 0.15) is 35.2 Å². The Balaban J connectivity index is 1.34. The van der Waals surface area contributed by atoms with Crippen LogP contribution in [0.2, 0.25) is 5.02 Å². The van der Waals surface area contributed by atoms with Gasteiger partial charge >= 0.3 is 0 Å². The zero-order chi connectivity index (χ0) is 20.0. The first-order valence-corrected chi connectivity index (χ1v) is 9.84. The summed E-state index contributed by atoms with van der Waals surface area (Å²) in [6.45, 7) is 1.09. The van der Waals surface area contributed by atoms with Crippen molar-refractivity contribution < 1.29 is 13.6 Å². The van der Waals surface area contributed by atoms with Crippen LogP contribution in [0.15, 0.2) is 62.2 Å². The number of fused-ring (bicyclic) bond motifs is 2. The predicted molar refractivity (Wildman–Crippen MR) is 109 cm³/mol. The molecule has 0 N–H and O–H groups in total. The summed E-state index contributed by atoms with van der Waals surface area (Å²) >= 11 is 5.94. The highest BCUT2D eigenvalue weighted by Crippen LogP contribution is 2.30. The first-order valence-electron chi connectivity index (χ1n) is 9.46. The number of benzene rings is 2. The van der Waals surface area contributed by atoms with Gasteiger partial charge in [0, 0.05) is 30.1 Å². The van der Waals surface area contributed by atoms with Crippen molar-refractivity contribution in [1.29, 1.82) is 0 Å². The highest BCUT2D eigenvalue weighted by Gasteiger charge is 2.29. The molecule has 6 nitrogen and oxygen atoms in total. The van der Waals surface area contributed by atoms with Crippen LogP contribution in [0.5, 0.6) is 0 Å². The molecule has 0 spiro atoms. The number of halogens is 1. The summed E-state index contributed by atoms with van der Waals surface area (Å²) in [5.74, 6) is 0.643. The van der Waals surface area contributed by atoms with Crippen LogP contribution >= 0.6 is 11.6 Å². The smallest absolute Gasteiger partial charge is 0.289 e. The minimum atomic E-state index is -0.282. The number of para-hydroxylation sites is 2. The highest BCUT2D eigenvalue weighted by atomic mass is 35.5. The van der Waals surface area contributed by atoms with E-state index < -0.39 is 0 Å².